The Morgan fingerprint density at radius 1 is 1.42 bits per heavy atom. The van der Waals surface area contributed by atoms with E-state index in [0.717, 1.165) is 5.56 Å². The number of hydrogen-bond acceptors (Lipinski definition) is 3. The van der Waals surface area contributed by atoms with Crippen LogP contribution in [0.25, 0.3) is 0 Å². The van der Waals surface area contributed by atoms with E-state index in [4.69, 9.17) is 9.47 Å². The van der Waals surface area contributed by atoms with E-state index in [1.54, 1.807) is 0 Å². The zero-order valence-electron chi connectivity index (χ0n) is 11.7. The second kappa shape index (κ2) is 5.61. The van der Waals surface area contributed by atoms with Crippen molar-refractivity contribution < 1.29 is 14.3 Å². The molecule has 4 nitrogen and oxygen atoms in total. The fourth-order valence-electron chi connectivity index (χ4n) is 1.84. The molecular weight excluding hydrogens is 242 g/mol. The van der Waals surface area contributed by atoms with Crippen molar-refractivity contribution in [3.63, 3.8) is 0 Å². The Balaban J connectivity index is 1.92. The maximum Gasteiger partial charge on any atom is 0.407 e. The molecule has 0 aromatic heterocycles. The van der Waals surface area contributed by atoms with Crippen molar-refractivity contribution in [3.05, 3.63) is 35.9 Å². The summed E-state index contributed by atoms with van der Waals surface area (Å²) in [6.45, 7) is 6.44. The molecule has 2 unspecified atom stereocenters. The quantitative estimate of drug-likeness (QED) is 0.849. The first kappa shape index (κ1) is 13.9. The maximum atomic E-state index is 11.8. The van der Waals surface area contributed by atoms with E-state index in [9.17, 15) is 4.79 Å². The van der Waals surface area contributed by atoms with Crippen LogP contribution in [-0.2, 0) is 15.9 Å². The lowest BCUT2D eigenvalue weighted by Gasteiger charge is -2.23. The average Bonchev–Trinajstić information content (AvgIpc) is 3.10. The number of rotatable bonds is 4. The van der Waals surface area contributed by atoms with Gasteiger partial charge in [-0.25, -0.2) is 4.79 Å². The number of alkyl carbamates (subject to hydrolysis) is 1. The van der Waals surface area contributed by atoms with Crippen LogP contribution in [0, 0.1) is 0 Å². The van der Waals surface area contributed by atoms with Gasteiger partial charge in [0.05, 0.1) is 6.61 Å². The van der Waals surface area contributed by atoms with Gasteiger partial charge in [0, 0.05) is 12.0 Å². The Kier molecular flexibility index (Phi) is 4.10. The van der Waals surface area contributed by atoms with Crippen LogP contribution in [0.2, 0.25) is 0 Å². The van der Waals surface area contributed by atoms with Gasteiger partial charge in [0.25, 0.3) is 0 Å². The molecule has 1 aromatic rings. The standard InChI is InChI=1S/C15H21NO3/c1-15(2,3)16-14(17)19-12(13-10-18-13)9-11-7-5-4-6-8-11/h4-8,12-13H,9-10H2,1-3H3,(H,16,17). The molecule has 1 aliphatic rings. The van der Waals surface area contributed by atoms with E-state index < -0.39 is 0 Å². The molecule has 1 aromatic carbocycles. The molecule has 0 radical (unpaired) electrons. The highest BCUT2D eigenvalue weighted by atomic mass is 16.6. The minimum Gasteiger partial charge on any atom is -0.443 e. The lowest BCUT2D eigenvalue weighted by molar-refractivity contribution is 0.0740. The first-order chi connectivity index (χ1) is 8.94. The van der Waals surface area contributed by atoms with E-state index >= 15 is 0 Å². The normalized spacial score (nSPS) is 19.6. The highest BCUT2D eigenvalue weighted by Crippen LogP contribution is 2.21. The van der Waals surface area contributed by atoms with Crippen LogP contribution < -0.4 is 5.32 Å². The molecular formula is C15H21NO3. The van der Waals surface area contributed by atoms with E-state index in [1.165, 1.54) is 0 Å². The predicted molar refractivity (Wildman–Crippen MR) is 73.0 cm³/mol. The van der Waals surface area contributed by atoms with E-state index in [2.05, 4.69) is 5.32 Å². The number of benzene rings is 1. The number of amides is 1. The fraction of sp³-hybridized carbons (Fsp3) is 0.533. The van der Waals surface area contributed by atoms with Gasteiger partial charge in [-0.05, 0) is 26.3 Å². The average molecular weight is 263 g/mol. The molecule has 0 bridgehead atoms. The van der Waals surface area contributed by atoms with E-state index in [-0.39, 0.29) is 23.8 Å². The topological polar surface area (TPSA) is 50.9 Å². The van der Waals surface area contributed by atoms with Crippen LogP contribution in [0.3, 0.4) is 0 Å². The molecule has 1 fully saturated rings. The minimum absolute atomic E-state index is 0.0333. The molecule has 0 aliphatic carbocycles. The highest BCUT2D eigenvalue weighted by Gasteiger charge is 2.36. The maximum absolute atomic E-state index is 11.8. The van der Waals surface area contributed by atoms with Crippen molar-refractivity contribution in [2.45, 2.75) is 44.9 Å². The summed E-state index contributed by atoms with van der Waals surface area (Å²) in [5.41, 5.74) is 0.852. The third-order valence-electron chi connectivity index (χ3n) is 2.79. The third kappa shape index (κ3) is 4.91. The molecule has 2 rings (SSSR count). The minimum atomic E-state index is -0.385. The van der Waals surface area contributed by atoms with Gasteiger partial charge in [0.15, 0.2) is 0 Å². The second-order valence-electron chi connectivity index (χ2n) is 5.88. The summed E-state index contributed by atoms with van der Waals surface area (Å²) in [4.78, 5) is 11.8. The molecule has 0 spiro atoms. The highest BCUT2D eigenvalue weighted by molar-refractivity contribution is 5.68. The molecule has 1 N–H and O–H groups in total. The van der Waals surface area contributed by atoms with Crippen LogP contribution in [0.15, 0.2) is 30.3 Å². The first-order valence-corrected chi connectivity index (χ1v) is 6.58. The number of nitrogens with one attached hydrogen (secondary N) is 1. The van der Waals surface area contributed by atoms with Gasteiger partial charge in [0.1, 0.15) is 12.2 Å². The number of epoxide rings is 1. The van der Waals surface area contributed by atoms with Crippen LogP contribution in [-0.4, -0.2) is 30.4 Å². The zero-order valence-corrected chi connectivity index (χ0v) is 11.7. The zero-order chi connectivity index (χ0) is 13.9. The lowest BCUT2D eigenvalue weighted by Crippen LogP contribution is -2.43. The van der Waals surface area contributed by atoms with Gasteiger partial charge in [-0.3, -0.25) is 0 Å². The van der Waals surface area contributed by atoms with Gasteiger partial charge < -0.3 is 14.8 Å². The molecule has 1 amide bonds. The summed E-state index contributed by atoms with van der Waals surface area (Å²) in [5.74, 6) is 0. The largest absolute Gasteiger partial charge is 0.443 e. The van der Waals surface area contributed by atoms with Crippen molar-refractivity contribution >= 4 is 6.09 Å². The number of carbonyl (C=O) groups excluding carboxylic acids is 1. The summed E-state index contributed by atoms with van der Waals surface area (Å²) < 4.78 is 10.7. The summed E-state index contributed by atoms with van der Waals surface area (Å²) >= 11 is 0. The fourth-order valence-corrected chi connectivity index (χ4v) is 1.84. The van der Waals surface area contributed by atoms with Crippen LogP contribution in [0.4, 0.5) is 4.79 Å². The molecule has 104 valence electrons. The summed E-state index contributed by atoms with van der Waals surface area (Å²) in [6.07, 6.45) is 0.114. The Morgan fingerprint density at radius 2 is 2.05 bits per heavy atom. The van der Waals surface area contributed by atoms with Gasteiger partial charge in [0.2, 0.25) is 0 Å². The molecule has 4 heteroatoms. The molecule has 2 atom stereocenters. The molecule has 0 saturated carbocycles. The Bertz CT molecular complexity index is 421. The van der Waals surface area contributed by atoms with Crippen LogP contribution in [0.1, 0.15) is 26.3 Å². The molecule has 1 saturated heterocycles. The summed E-state index contributed by atoms with van der Waals surface area (Å²) in [5, 5.41) is 2.80. The van der Waals surface area contributed by atoms with E-state index in [0.29, 0.717) is 13.0 Å². The van der Waals surface area contributed by atoms with Crippen molar-refractivity contribution in [1.82, 2.24) is 5.32 Å². The van der Waals surface area contributed by atoms with Gasteiger partial charge in [-0.15, -0.1) is 0 Å². The number of carbonyl (C=O) groups is 1. The Labute approximate surface area is 114 Å². The van der Waals surface area contributed by atoms with Crippen molar-refractivity contribution in [2.75, 3.05) is 6.61 Å². The van der Waals surface area contributed by atoms with E-state index in [1.807, 2.05) is 51.1 Å². The van der Waals surface area contributed by atoms with Crippen LogP contribution in [0.5, 0.6) is 0 Å². The van der Waals surface area contributed by atoms with Crippen LogP contribution >= 0.6 is 0 Å². The summed E-state index contributed by atoms with van der Waals surface area (Å²) in [6, 6.07) is 9.99. The first-order valence-electron chi connectivity index (χ1n) is 6.58. The Morgan fingerprint density at radius 3 is 2.58 bits per heavy atom. The van der Waals surface area contributed by atoms with Crippen molar-refractivity contribution in [3.8, 4) is 0 Å². The molecule has 19 heavy (non-hydrogen) atoms. The van der Waals surface area contributed by atoms with Crippen molar-refractivity contribution in [2.24, 2.45) is 0 Å². The smallest absolute Gasteiger partial charge is 0.407 e. The SMILES string of the molecule is CC(C)(C)NC(=O)OC(Cc1ccccc1)C1CO1. The van der Waals surface area contributed by atoms with Crippen molar-refractivity contribution in [1.29, 1.82) is 0 Å². The molecule has 1 aliphatic heterocycles. The predicted octanol–water partition coefficient (Wildman–Crippen LogP) is 2.52. The second-order valence-corrected chi connectivity index (χ2v) is 5.88. The van der Waals surface area contributed by atoms with Gasteiger partial charge in [-0.1, -0.05) is 30.3 Å². The van der Waals surface area contributed by atoms with Gasteiger partial charge in [-0.2, -0.15) is 0 Å². The number of ether oxygens (including phenoxy) is 2. The summed E-state index contributed by atoms with van der Waals surface area (Å²) in [7, 11) is 0. The van der Waals surface area contributed by atoms with Gasteiger partial charge >= 0.3 is 6.09 Å². The Hall–Kier alpha value is -1.55. The molecule has 1 heterocycles. The number of hydrogen-bond donors (Lipinski definition) is 1. The lowest BCUT2D eigenvalue weighted by atomic mass is 10.1. The third-order valence-corrected chi connectivity index (χ3v) is 2.79. The monoisotopic (exact) mass is 263 g/mol.